The maximum absolute atomic E-state index is 12.8. The molecule has 0 atom stereocenters. The van der Waals surface area contributed by atoms with Gasteiger partial charge < -0.3 is 15.0 Å². The zero-order chi connectivity index (χ0) is 21.6. The van der Waals surface area contributed by atoms with Crippen LogP contribution in [-0.4, -0.2) is 42.6 Å². The lowest BCUT2D eigenvalue weighted by Crippen LogP contribution is -2.38. The molecule has 4 rings (SSSR count). The van der Waals surface area contributed by atoms with E-state index in [1.807, 2.05) is 66.9 Å². The van der Waals surface area contributed by atoms with Crippen LogP contribution in [0.25, 0.3) is 11.3 Å². The number of amides is 1. The lowest BCUT2D eigenvalue weighted by molar-refractivity contribution is -0.120. The highest BCUT2D eigenvalue weighted by atomic mass is 32.2. The number of methoxy groups -OCH3 is 1. The van der Waals surface area contributed by atoms with E-state index in [2.05, 4.69) is 20.4 Å². The first-order valence-electron chi connectivity index (χ1n) is 10.3. The van der Waals surface area contributed by atoms with Gasteiger partial charge in [-0.05, 0) is 67.6 Å². The van der Waals surface area contributed by atoms with Gasteiger partial charge in [0.15, 0.2) is 5.82 Å². The van der Waals surface area contributed by atoms with E-state index in [1.54, 1.807) is 18.9 Å². The summed E-state index contributed by atoms with van der Waals surface area (Å²) in [6.07, 6.45) is 3.62. The van der Waals surface area contributed by atoms with Crippen molar-refractivity contribution in [2.24, 2.45) is 5.92 Å². The average molecular weight is 435 g/mol. The van der Waals surface area contributed by atoms with E-state index in [1.165, 1.54) is 0 Å². The van der Waals surface area contributed by atoms with Crippen molar-refractivity contribution in [3.63, 3.8) is 0 Å². The monoisotopic (exact) mass is 434 g/mol. The van der Waals surface area contributed by atoms with E-state index < -0.39 is 0 Å². The van der Waals surface area contributed by atoms with Gasteiger partial charge in [0.1, 0.15) is 5.75 Å². The SMILES string of the molecule is COc1ccc(-c2ccc(N3CCC(C(=O)Nc4ccccc4SC)CC3)nn2)cc1. The number of hydrogen-bond acceptors (Lipinski definition) is 6. The van der Waals surface area contributed by atoms with Crippen LogP contribution in [0.3, 0.4) is 0 Å². The quantitative estimate of drug-likeness (QED) is 0.566. The summed E-state index contributed by atoms with van der Waals surface area (Å²) in [4.78, 5) is 16.0. The molecule has 2 heterocycles. The van der Waals surface area contributed by atoms with Gasteiger partial charge in [0.05, 0.1) is 18.5 Å². The molecular formula is C24H26N4O2S. The summed E-state index contributed by atoms with van der Waals surface area (Å²) < 4.78 is 5.20. The summed E-state index contributed by atoms with van der Waals surface area (Å²) in [5.74, 6) is 1.78. The van der Waals surface area contributed by atoms with E-state index in [4.69, 9.17) is 4.74 Å². The van der Waals surface area contributed by atoms with Crippen molar-refractivity contribution in [3.8, 4) is 17.0 Å². The van der Waals surface area contributed by atoms with Crippen molar-refractivity contribution >= 4 is 29.2 Å². The van der Waals surface area contributed by atoms with Gasteiger partial charge in [0.25, 0.3) is 0 Å². The number of benzene rings is 2. The van der Waals surface area contributed by atoms with Gasteiger partial charge in [-0.1, -0.05) is 12.1 Å². The first kappa shape index (κ1) is 21.2. The van der Waals surface area contributed by atoms with E-state index in [0.29, 0.717) is 0 Å². The number of para-hydroxylation sites is 1. The van der Waals surface area contributed by atoms with Gasteiger partial charge in [-0.2, -0.15) is 0 Å². The summed E-state index contributed by atoms with van der Waals surface area (Å²) in [6.45, 7) is 1.58. The summed E-state index contributed by atoms with van der Waals surface area (Å²) in [7, 11) is 1.65. The Balaban J connectivity index is 1.34. The Kier molecular flexibility index (Phi) is 6.72. The normalized spacial score (nSPS) is 14.3. The Labute approximate surface area is 187 Å². The number of ether oxygens (including phenoxy) is 1. The number of hydrogen-bond donors (Lipinski definition) is 1. The second-order valence-electron chi connectivity index (χ2n) is 7.46. The van der Waals surface area contributed by atoms with Crippen molar-refractivity contribution < 1.29 is 9.53 Å². The Bertz CT molecular complexity index is 1020. The van der Waals surface area contributed by atoms with Gasteiger partial charge >= 0.3 is 0 Å². The lowest BCUT2D eigenvalue weighted by Gasteiger charge is -2.32. The molecule has 0 saturated carbocycles. The largest absolute Gasteiger partial charge is 0.497 e. The summed E-state index contributed by atoms with van der Waals surface area (Å²) in [6, 6.07) is 19.7. The molecule has 1 saturated heterocycles. The maximum atomic E-state index is 12.8. The zero-order valence-electron chi connectivity index (χ0n) is 17.7. The molecular weight excluding hydrogens is 408 g/mol. The first-order valence-corrected chi connectivity index (χ1v) is 11.6. The summed E-state index contributed by atoms with van der Waals surface area (Å²) in [5, 5.41) is 11.9. The van der Waals surface area contributed by atoms with Gasteiger partial charge in [-0.3, -0.25) is 4.79 Å². The summed E-state index contributed by atoms with van der Waals surface area (Å²) >= 11 is 1.64. The van der Waals surface area contributed by atoms with Crippen LogP contribution in [0, 0.1) is 5.92 Å². The molecule has 31 heavy (non-hydrogen) atoms. The number of rotatable bonds is 6. The molecule has 0 unspecified atom stereocenters. The fourth-order valence-electron chi connectivity index (χ4n) is 3.76. The fourth-order valence-corrected chi connectivity index (χ4v) is 4.32. The van der Waals surface area contributed by atoms with Crippen molar-refractivity contribution in [2.75, 3.05) is 36.7 Å². The van der Waals surface area contributed by atoms with Crippen LogP contribution in [0.5, 0.6) is 5.75 Å². The Morgan fingerprint density at radius 1 is 1.03 bits per heavy atom. The molecule has 2 aromatic carbocycles. The molecule has 1 amide bonds. The number of thioether (sulfide) groups is 1. The molecule has 0 spiro atoms. The molecule has 3 aromatic rings. The number of piperidine rings is 1. The van der Waals surface area contributed by atoms with Crippen LogP contribution in [-0.2, 0) is 4.79 Å². The minimum atomic E-state index is 0.0118. The van der Waals surface area contributed by atoms with Gasteiger partial charge in [0, 0.05) is 29.5 Å². The molecule has 6 nitrogen and oxygen atoms in total. The molecule has 1 N–H and O–H groups in total. The van der Waals surface area contributed by atoms with Crippen molar-refractivity contribution in [1.29, 1.82) is 0 Å². The van der Waals surface area contributed by atoms with Gasteiger partial charge in [0.2, 0.25) is 5.91 Å². The number of nitrogens with one attached hydrogen (secondary N) is 1. The average Bonchev–Trinajstić information content (AvgIpc) is 2.84. The highest BCUT2D eigenvalue weighted by Gasteiger charge is 2.26. The maximum Gasteiger partial charge on any atom is 0.227 e. The number of nitrogens with zero attached hydrogens (tertiary/aromatic N) is 3. The summed E-state index contributed by atoms with van der Waals surface area (Å²) in [5.41, 5.74) is 2.72. The third-order valence-electron chi connectivity index (χ3n) is 5.59. The van der Waals surface area contributed by atoms with Crippen LogP contribution in [0.4, 0.5) is 11.5 Å². The molecule has 1 aliphatic heterocycles. The number of aromatic nitrogens is 2. The molecule has 0 aliphatic carbocycles. The van der Waals surface area contributed by atoms with Crippen molar-refractivity contribution in [1.82, 2.24) is 10.2 Å². The van der Waals surface area contributed by atoms with Crippen LogP contribution >= 0.6 is 11.8 Å². The zero-order valence-corrected chi connectivity index (χ0v) is 18.6. The van der Waals surface area contributed by atoms with Crippen LogP contribution in [0.15, 0.2) is 65.6 Å². The fraction of sp³-hybridized carbons (Fsp3) is 0.292. The molecule has 1 fully saturated rings. The van der Waals surface area contributed by atoms with Gasteiger partial charge in [-0.25, -0.2) is 0 Å². The second-order valence-corrected chi connectivity index (χ2v) is 8.30. The third-order valence-corrected chi connectivity index (χ3v) is 6.39. The standard InChI is InChI=1S/C24H26N4O2S/c1-30-19-9-7-17(8-10-19)20-11-12-23(27-26-20)28-15-13-18(14-16-28)24(29)25-21-5-3-4-6-22(21)31-2/h3-12,18H,13-16H2,1-2H3,(H,25,29). The van der Waals surface area contributed by atoms with E-state index >= 15 is 0 Å². The lowest BCUT2D eigenvalue weighted by atomic mass is 9.95. The Hall–Kier alpha value is -3.06. The molecule has 7 heteroatoms. The predicted octanol–water partition coefficient (Wildman–Crippen LogP) is 4.73. The Morgan fingerprint density at radius 3 is 2.42 bits per heavy atom. The van der Waals surface area contributed by atoms with Crippen LogP contribution in [0.2, 0.25) is 0 Å². The molecule has 0 radical (unpaired) electrons. The third kappa shape index (κ3) is 4.99. The first-order chi connectivity index (χ1) is 15.2. The molecule has 1 aliphatic rings. The Morgan fingerprint density at radius 2 is 1.77 bits per heavy atom. The second kappa shape index (κ2) is 9.83. The van der Waals surface area contributed by atoms with Crippen molar-refractivity contribution in [3.05, 3.63) is 60.7 Å². The number of carbonyl (C=O) groups excluding carboxylic acids is 1. The minimum absolute atomic E-state index is 0.0118. The van der Waals surface area contributed by atoms with Crippen molar-refractivity contribution in [2.45, 2.75) is 17.7 Å². The van der Waals surface area contributed by atoms with Crippen LogP contribution < -0.4 is 15.0 Å². The number of carbonyl (C=O) groups is 1. The van der Waals surface area contributed by atoms with E-state index in [0.717, 1.165) is 59.3 Å². The highest BCUT2D eigenvalue weighted by molar-refractivity contribution is 7.98. The van der Waals surface area contributed by atoms with Gasteiger partial charge in [-0.15, -0.1) is 22.0 Å². The smallest absolute Gasteiger partial charge is 0.227 e. The highest BCUT2D eigenvalue weighted by Crippen LogP contribution is 2.28. The minimum Gasteiger partial charge on any atom is -0.497 e. The number of anilines is 2. The predicted molar refractivity (Wildman–Crippen MR) is 126 cm³/mol. The van der Waals surface area contributed by atoms with E-state index in [-0.39, 0.29) is 11.8 Å². The molecule has 1 aromatic heterocycles. The topological polar surface area (TPSA) is 67.3 Å². The molecule has 0 bridgehead atoms. The van der Waals surface area contributed by atoms with Crippen LogP contribution in [0.1, 0.15) is 12.8 Å². The molecule has 160 valence electrons. The van der Waals surface area contributed by atoms with E-state index in [9.17, 15) is 4.79 Å².